The van der Waals surface area contributed by atoms with Gasteiger partial charge in [-0.1, -0.05) is 15.9 Å². The number of hydrogen-bond donors (Lipinski definition) is 1. The third-order valence-corrected chi connectivity index (χ3v) is 7.36. The Morgan fingerprint density at radius 2 is 1.93 bits per heavy atom. The number of carbonyl (C=O) groups excluding carboxylic acids is 1. The van der Waals surface area contributed by atoms with Crippen molar-refractivity contribution >= 4 is 37.5 Å². The minimum absolute atomic E-state index is 0.203. The minimum atomic E-state index is -3.58. The summed E-state index contributed by atoms with van der Waals surface area (Å²) < 4.78 is 33.3. The van der Waals surface area contributed by atoms with Gasteiger partial charge in [0.25, 0.3) is 5.91 Å². The number of morpholine rings is 1. The van der Waals surface area contributed by atoms with Gasteiger partial charge in [-0.15, -0.1) is 0 Å². The van der Waals surface area contributed by atoms with Crippen molar-refractivity contribution in [2.45, 2.75) is 24.8 Å². The number of nitrogens with one attached hydrogen (secondary N) is 1. The Balaban J connectivity index is 1.75. The molecule has 1 aliphatic rings. The lowest BCUT2D eigenvalue weighted by atomic mass is 10.1. The fourth-order valence-corrected chi connectivity index (χ4v) is 4.75. The van der Waals surface area contributed by atoms with E-state index in [1.54, 1.807) is 24.3 Å². The number of ether oxygens (including phenoxy) is 1. The van der Waals surface area contributed by atoms with Gasteiger partial charge in [0.05, 0.1) is 18.1 Å². The first-order chi connectivity index (χ1) is 12.8. The second kappa shape index (κ2) is 8.10. The molecule has 1 N–H and O–H groups in total. The van der Waals surface area contributed by atoms with Crippen LogP contribution in [0.3, 0.4) is 0 Å². The van der Waals surface area contributed by atoms with Crippen molar-refractivity contribution in [3.05, 3.63) is 58.1 Å². The first-order valence-corrected chi connectivity index (χ1v) is 10.8. The number of halogens is 1. The van der Waals surface area contributed by atoms with E-state index in [-0.39, 0.29) is 16.8 Å². The Morgan fingerprint density at radius 3 is 2.56 bits per heavy atom. The molecule has 1 amide bonds. The van der Waals surface area contributed by atoms with Gasteiger partial charge in [-0.2, -0.15) is 4.31 Å². The van der Waals surface area contributed by atoms with Crippen LogP contribution in [0.4, 0.5) is 5.69 Å². The van der Waals surface area contributed by atoms with Crippen LogP contribution in [0.5, 0.6) is 0 Å². The van der Waals surface area contributed by atoms with Gasteiger partial charge in [-0.05, 0) is 61.9 Å². The zero-order chi connectivity index (χ0) is 19.6. The maximum Gasteiger partial charge on any atom is 0.255 e. The van der Waals surface area contributed by atoms with E-state index in [4.69, 9.17) is 4.74 Å². The van der Waals surface area contributed by atoms with Gasteiger partial charge in [0.2, 0.25) is 10.0 Å². The molecule has 144 valence electrons. The Hall–Kier alpha value is -1.74. The second-order valence-corrected chi connectivity index (χ2v) is 9.23. The van der Waals surface area contributed by atoms with Crippen molar-refractivity contribution in [3.63, 3.8) is 0 Å². The summed E-state index contributed by atoms with van der Waals surface area (Å²) in [6.07, 6.45) is 0. The molecule has 0 aliphatic carbocycles. The number of aryl methyl sites for hydroxylation is 1. The summed E-state index contributed by atoms with van der Waals surface area (Å²) in [4.78, 5) is 12.6. The highest BCUT2D eigenvalue weighted by Gasteiger charge is 2.31. The van der Waals surface area contributed by atoms with Crippen LogP contribution in [0.25, 0.3) is 0 Å². The van der Waals surface area contributed by atoms with E-state index in [0.717, 1.165) is 10.0 Å². The molecule has 0 spiro atoms. The Kier molecular flexibility index (Phi) is 6.00. The van der Waals surface area contributed by atoms with Crippen molar-refractivity contribution < 1.29 is 17.9 Å². The number of nitrogens with zero attached hydrogens (tertiary/aromatic N) is 1. The van der Waals surface area contributed by atoms with Crippen molar-refractivity contribution in [1.82, 2.24) is 4.31 Å². The summed E-state index contributed by atoms with van der Waals surface area (Å²) >= 11 is 3.41. The molecule has 2 aromatic rings. The van der Waals surface area contributed by atoms with E-state index in [1.165, 1.54) is 16.4 Å². The molecule has 1 saturated heterocycles. The van der Waals surface area contributed by atoms with Crippen LogP contribution in [0.15, 0.2) is 51.8 Å². The standard InChI is InChI=1S/C19H21BrN2O4S/c1-13-11-15(3-8-18(13)20)19(23)21-16-4-6-17(7-5-16)27(24,25)22-9-10-26-12-14(22)2/h3-8,11,14H,9-10,12H2,1-2H3,(H,21,23). The van der Waals surface area contributed by atoms with Crippen molar-refractivity contribution in [2.75, 3.05) is 25.1 Å². The zero-order valence-corrected chi connectivity index (χ0v) is 17.5. The molecule has 1 heterocycles. The average Bonchev–Trinajstić information content (AvgIpc) is 2.64. The smallest absolute Gasteiger partial charge is 0.255 e. The van der Waals surface area contributed by atoms with Crippen molar-refractivity contribution in [1.29, 1.82) is 0 Å². The highest BCUT2D eigenvalue weighted by atomic mass is 79.9. The normalized spacial score (nSPS) is 18.3. The molecule has 1 atom stereocenters. The number of rotatable bonds is 4. The number of anilines is 1. The molecule has 1 aliphatic heterocycles. The van der Waals surface area contributed by atoms with Crippen LogP contribution in [-0.4, -0.2) is 44.4 Å². The number of hydrogen-bond acceptors (Lipinski definition) is 4. The molecule has 6 nitrogen and oxygen atoms in total. The van der Waals surface area contributed by atoms with Gasteiger partial charge >= 0.3 is 0 Å². The Morgan fingerprint density at radius 1 is 1.22 bits per heavy atom. The lowest BCUT2D eigenvalue weighted by molar-refractivity contribution is 0.0393. The topological polar surface area (TPSA) is 75.7 Å². The molecular weight excluding hydrogens is 432 g/mol. The molecule has 27 heavy (non-hydrogen) atoms. The predicted molar refractivity (Wildman–Crippen MR) is 107 cm³/mol. The van der Waals surface area contributed by atoms with Gasteiger partial charge in [-0.25, -0.2) is 8.42 Å². The van der Waals surface area contributed by atoms with E-state index in [1.807, 2.05) is 19.9 Å². The predicted octanol–water partition coefficient (Wildman–Crippen LogP) is 3.42. The first kappa shape index (κ1) is 20.0. The molecule has 1 unspecified atom stereocenters. The van der Waals surface area contributed by atoms with E-state index in [2.05, 4.69) is 21.2 Å². The summed E-state index contributed by atoms with van der Waals surface area (Å²) in [7, 11) is -3.58. The molecule has 0 saturated carbocycles. The van der Waals surface area contributed by atoms with Crippen LogP contribution >= 0.6 is 15.9 Å². The fraction of sp³-hybridized carbons (Fsp3) is 0.316. The van der Waals surface area contributed by atoms with Gasteiger partial charge in [0, 0.05) is 28.3 Å². The summed E-state index contributed by atoms with van der Waals surface area (Å²) in [5, 5.41) is 2.79. The number of sulfonamides is 1. The van der Waals surface area contributed by atoms with Gasteiger partial charge in [0.15, 0.2) is 0 Å². The summed E-state index contributed by atoms with van der Waals surface area (Å²) in [5.74, 6) is -0.247. The lowest BCUT2D eigenvalue weighted by Crippen LogP contribution is -2.46. The molecule has 2 aromatic carbocycles. The van der Waals surface area contributed by atoms with E-state index in [0.29, 0.717) is 31.0 Å². The van der Waals surface area contributed by atoms with Gasteiger partial charge < -0.3 is 10.1 Å². The van der Waals surface area contributed by atoms with Crippen LogP contribution in [0.1, 0.15) is 22.8 Å². The van der Waals surface area contributed by atoms with Gasteiger partial charge in [0.1, 0.15) is 0 Å². The monoisotopic (exact) mass is 452 g/mol. The van der Waals surface area contributed by atoms with Gasteiger partial charge in [-0.3, -0.25) is 4.79 Å². The third-order valence-electron chi connectivity index (χ3n) is 4.45. The molecule has 0 aromatic heterocycles. The lowest BCUT2D eigenvalue weighted by Gasteiger charge is -2.32. The van der Waals surface area contributed by atoms with Crippen molar-refractivity contribution in [3.8, 4) is 0 Å². The Bertz CT molecular complexity index is 945. The highest BCUT2D eigenvalue weighted by Crippen LogP contribution is 2.23. The fourth-order valence-electron chi connectivity index (χ4n) is 2.90. The highest BCUT2D eigenvalue weighted by molar-refractivity contribution is 9.10. The number of benzene rings is 2. The van der Waals surface area contributed by atoms with Crippen LogP contribution in [0.2, 0.25) is 0 Å². The minimum Gasteiger partial charge on any atom is -0.378 e. The van der Waals surface area contributed by atoms with E-state index >= 15 is 0 Å². The number of amides is 1. The summed E-state index contributed by atoms with van der Waals surface area (Å²) in [6, 6.07) is 11.4. The second-order valence-electron chi connectivity index (χ2n) is 6.48. The summed E-state index contributed by atoms with van der Waals surface area (Å²) in [5.41, 5.74) is 2.04. The van der Waals surface area contributed by atoms with Crippen molar-refractivity contribution in [2.24, 2.45) is 0 Å². The van der Waals surface area contributed by atoms with Crippen LogP contribution < -0.4 is 5.32 Å². The van der Waals surface area contributed by atoms with E-state index in [9.17, 15) is 13.2 Å². The molecule has 0 radical (unpaired) electrons. The SMILES string of the molecule is Cc1cc(C(=O)Nc2ccc(S(=O)(=O)N3CCOCC3C)cc2)ccc1Br. The van der Waals surface area contributed by atoms with E-state index < -0.39 is 10.0 Å². The molecule has 3 rings (SSSR count). The first-order valence-electron chi connectivity index (χ1n) is 8.56. The molecular formula is C19H21BrN2O4S. The maximum atomic E-state index is 12.8. The number of carbonyl (C=O) groups is 1. The average molecular weight is 453 g/mol. The van der Waals surface area contributed by atoms with Crippen LogP contribution in [0, 0.1) is 6.92 Å². The Labute approximate surface area is 167 Å². The maximum absolute atomic E-state index is 12.8. The summed E-state index contributed by atoms with van der Waals surface area (Å²) in [6.45, 7) is 4.86. The van der Waals surface area contributed by atoms with Crippen LogP contribution in [-0.2, 0) is 14.8 Å². The molecule has 0 bridgehead atoms. The quantitative estimate of drug-likeness (QED) is 0.770. The zero-order valence-electron chi connectivity index (χ0n) is 15.1. The molecule has 1 fully saturated rings. The third kappa shape index (κ3) is 4.40. The molecule has 8 heteroatoms. The largest absolute Gasteiger partial charge is 0.378 e.